The summed E-state index contributed by atoms with van der Waals surface area (Å²) in [5.41, 5.74) is -0.358. The predicted octanol–water partition coefficient (Wildman–Crippen LogP) is 3.93. The topological polar surface area (TPSA) is 135 Å². The van der Waals surface area contributed by atoms with Crippen molar-refractivity contribution in [1.82, 2.24) is 4.90 Å². The molecule has 0 aromatic carbocycles. The van der Waals surface area contributed by atoms with E-state index in [0.29, 0.717) is 39.0 Å². The van der Waals surface area contributed by atoms with Gasteiger partial charge in [0.2, 0.25) is 0 Å². The normalized spacial score (nSPS) is 38.4. The summed E-state index contributed by atoms with van der Waals surface area (Å²) >= 11 is 0. The fourth-order valence-electron chi connectivity index (χ4n) is 6.67. The second-order valence-electron chi connectivity index (χ2n) is 13.7. The van der Waals surface area contributed by atoms with Crippen LogP contribution in [0.4, 0.5) is 4.79 Å². The van der Waals surface area contributed by atoms with Crippen LogP contribution in [-0.4, -0.2) is 101 Å². The van der Waals surface area contributed by atoms with Crippen LogP contribution in [0.3, 0.4) is 0 Å². The first-order valence-corrected chi connectivity index (χ1v) is 16.0. The number of hydrogen-bond donors (Lipinski definition) is 2. The van der Waals surface area contributed by atoms with Crippen LogP contribution in [-0.2, 0) is 28.5 Å². The number of carbonyl (C=O) groups is 3. The number of ketones is 2. The number of aliphatic hydroxyl groups is 2. The quantitative estimate of drug-likeness (QED) is 0.201. The number of likely N-dealkylation sites (tertiary alicyclic amines) is 1. The summed E-state index contributed by atoms with van der Waals surface area (Å²) in [4.78, 5) is 38.3. The molecule has 10 atom stereocenters. The fourth-order valence-corrected chi connectivity index (χ4v) is 6.67. The Kier molecular flexibility index (Phi) is 11.3. The maximum Gasteiger partial charge on any atom is 0.410 e. The van der Waals surface area contributed by atoms with Crippen molar-refractivity contribution in [3.63, 3.8) is 0 Å². The van der Waals surface area contributed by atoms with Crippen molar-refractivity contribution in [3.05, 3.63) is 36.0 Å². The van der Waals surface area contributed by atoms with Crippen LogP contribution >= 0.6 is 0 Å². The minimum absolute atomic E-state index is 0.0273. The number of amides is 1. The second kappa shape index (κ2) is 14.4. The summed E-state index contributed by atoms with van der Waals surface area (Å²) in [7, 11) is 0. The molecule has 4 fully saturated rings. The van der Waals surface area contributed by atoms with E-state index in [0.717, 1.165) is 18.4 Å². The van der Waals surface area contributed by atoms with Crippen LogP contribution < -0.4 is 0 Å². The Bertz CT molecular complexity index is 1140. The molecule has 4 saturated heterocycles. The number of hydrogen-bond acceptors (Lipinski definition) is 9. The smallest absolute Gasteiger partial charge is 0.410 e. The zero-order valence-electron chi connectivity index (χ0n) is 27.1. The molecule has 0 saturated carbocycles. The van der Waals surface area contributed by atoms with Crippen molar-refractivity contribution in [2.45, 2.75) is 115 Å². The van der Waals surface area contributed by atoms with Gasteiger partial charge in [0.1, 0.15) is 29.7 Å². The standard InChI is InChI=1S/C34H51NO9/c1-21(8-12-30-31(39)34(20-41-34)18-33(6,19-36)44-30)7-11-29-22(2)15-27(25(5)43-29)16-28(38)10-9-23(3)42-32(40)35-14-13-26(17-35)24(4)37/h7-10,12,22-23,25-27,29-31,36,39H,11,13-20H2,1-6H3/b10-9-,12-8+,21-7+/t22-,23-,25+,26+,27-,29-,30?,31+,33-,34+/m0/s1. The number of ether oxygens (including phenoxy) is 4. The molecule has 10 nitrogen and oxygen atoms in total. The Labute approximate surface area is 261 Å². The number of allylic oxidation sites excluding steroid dienone is 3. The lowest BCUT2D eigenvalue weighted by Crippen LogP contribution is -2.56. The third-order valence-corrected chi connectivity index (χ3v) is 9.70. The molecular formula is C34H51NO9. The monoisotopic (exact) mass is 617 g/mol. The van der Waals surface area contributed by atoms with E-state index in [4.69, 9.17) is 18.9 Å². The summed E-state index contributed by atoms with van der Waals surface area (Å²) in [5.74, 6) is 0.292. The number of nitrogens with zero attached hydrogens (tertiary/aromatic N) is 1. The van der Waals surface area contributed by atoms with Gasteiger partial charge in [-0.1, -0.05) is 30.7 Å². The summed E-state index contributed by atoms with van der Waals surface area (Å²) < 4.78 is 23.4. The number of aliphatic hydroxyl groups excluding tert-OH is 2. The van der Waals surface area contributed by atoms with E-state index < -0.39 is 35.6 Å². The van der Waals surface area contributed by atoms with Crippen LogP contribution in [0.25, 0.3) is 0 Å². The van der Waals surface area contributed by atoms with Gasteiger partial charge in [-0.3, -0.25) is 9.59 Å². The molecule has 10 heteroatoms. The van der Waals surface area contributed by atoms with E-state index in [2.05, 4.69) is 13.0 Å². The molecule has 1 unspecified atom stereocenters. The predicted molar refractivity (Wildman–Crippen MR) is 164 cm³/mol. The Balaban J connectivity index is 1.21. The largest absolute Gasteiger partial charge is 0.442 e. The lowest BCUT2D eigenvalue weighted by Gasteiger charge is -2.42. The highest BCUT2D eigenvalue weighted by molar-refractivity contribution is 5.90. The zero-order valence-corrected chi connectivity index (χ0v) is 27.1. The lowest BCUT2D eigenvalue weighted by atomic mass is 9.81. The summed E-state index contributed by atoms with van der Waals surface area (Å²) in [5, 5.41) is 20.6. The first-order valence-electron chi connectivity index (χ1n) is 16.0. The highest BCUT2D eigenvalue weighted by atomic mass is 16.6. The molecule has 1 amide bonds. The van der Waals surface area contributed by atoms with E-state index in [-0.39, 0.29) is 48.1 Å². The second-order valence-corrected chi connectivity index (χ2v) is 13.7. The van der Waals surface area contributed by atoms with Crippen LogP contribution in [0.15, 0.2) is 36.0 Å². The number of rotatable bonds is 11. The average Bonchev–Trinajstić information content (AvgIpc) is 3.54. The Morgan fingerprint density at radius 1 is 1.18 bits per heavy atom. The highest BCUT2D eigenvalue weighted by Gasteiger charge is 2.61. The molecule has 44 heavy (non-hydrogen) atoms. The minimum Gasteiger partial charge on any atom is -0.442 e. The molecule has 2 N–H and O–H groups in total. The van der Waals surface area contributed by atoms with Crippen molar-refractivity contribution in [1.29, 1.82) is 0 Å². The molecule has 1 spiro atoms. The van der Waals surface area contributed by atoms with E-state index in [1.807, 2.05) is 32.9 Å². The minimum atomic E-state index is -0.780. The molecule has 4 heterocycles. The average molecular weight is 618 g/mol. The first kappa shape index (κ1) is 34.5. The third kappa shape index (κ3) is 8.66. The zero-order chi connectivity index (χ0) is 32.2. The van der Waals surface area contributed by atoms with Crippen molar-refractivity contribution >= 4 is 17.7 Å². The third-order valence-electron chi connectivity index (χ3n) is 9.70. The van der Waals surface area contributed by atoms with E-state index in [1.165, 1.54) is 6.08 Å². The van der Waals surface area contributed by atoms with Crippen molar-refractivity contribution < 1.29 is 43.5 Å². The van der Waals surface area contributed by atoms with Crippen molar-refractivity contribution in [2.24, 2.45) is 17.8 Å². The van der Waals surface area contributed by atoms with Gasteiger partial charge >= 0.3 is 6.09 Å². The lowest BCUT2D eigenvalue weighted by molar-refractivity contribution is -0.192. The first-order chi connectivity index (χ1) is 20.7. The van der Waals surface area contributed by atoms with Gasteiger partial charge in [0.25, 0.3) is 0 Å². The summed E-state index contributed by atoms with van der Waals surface area (Å²) in [6.07, 6.45) is 9.68. The number of Topliss-reactive ketones (excluding diaryl/α,β-unsaturated/α-hetero) is 1. The van der Waals surface area contributed by atoms with Gasteiger partial charge < -0.3 is 34.1 Å². The van der Waals surface area contributed by atoms with E-state index in [1.54, 1.807) is 24.8 Å². The molecule has 0 bridgehead atoms. The Morgan fingerprint density at radius 3 is 2.55 bits per heavy atom. The van der Waals surface area contributed by atoms with Crippen molar-refractivity contribution in [3.8, 4) is 0 Å². The molecule has 4 aliphatic rings. The van der Waals surface area contributed by atoms with Gasteiger partial charge in [-0.25, -0.2) is 4.79 Å². The Hall–Kier alpha value is -2.37. The fraction of sp³-hybridized carbons (Fsp3) is 0.735. The molecule has 246 valence electrons. The molecule has 4 rings (SSSR count). The van der Waals surface area contributed by atoms with Crippen LogP contribution in [0.5, 0.6) is 0 Å². The van der Waals surface area contributed by atoms with Gasteiger partial charge in [0, 0.05) is 31.8 Å². The van der Waals surface area contributed by atoms with E-state index >= 15 is 0 Å². The van der Waals surface area contributed by atoms with E-state index in [9.17, 15) is 24.6 Å². The maximum atomic E-state index is 12.8. The molecular weight excluding hydrogens is 566 g/mol. The number of epoxide rings is 1. The molecule has 0 aromatic heterocycles. The SMILES string of the molecule is CC(=O)[C@@H]1CCN(C(=O)O[C@@H](C)/C=C\C(=O)C[C@@H]2C[C@H](C)[C@H](C/C=C(C)/C=C/C3O[C@](C)(CO)C[C@@]4(CO4)[C@@H]3O)O[C@@H]2C)C1. The highest BCUT2D eigenvalue weighted by Crippen LogP contribution is 2.46. The van der Waals surface area contributed by atoms with Gasteiger partial charge in [0.05, 0.1) is 31.0 Å². The van der Waals surface area contributed by atoms with Gasteiger partial charge in [-0.05, 0) is 77.9 Å². The summed E-state index contributed by atoms with van der Waals surface area (Å²) in [6.45, 7) is 12.5. The van der Waals surface area contributed by atoms with Crippen LogP contribution in [0.1, 0.15) is 73.6 Å². The van der Waals surface area contributed by atoms with Gasteiger partial charge in [-0.2, -0.15) is 0 Å². The summed E-state index contributed by atoms with van der Waals surface area (Å²) in [6, 6.07) is 0. The maximum absolute atomic E-state index is 12.8. The molecule has 0 aliphatic carbocycles. The number of carbonyl (C=O) groups excluding carboxylic acids is 3. The van der Waals surface area contributed by atoms with Gasteiger partial charge in [-0.15, -0.1) is 0 Å². The molecule has 4 aliphatic heterocycles. The Morgan fingerprint density at radius 2 is 1.91 bits per heavy atom. The van der Waals surface area contributed by atoms with Gasteiger partial charge in [0.15, 0.2) is 5.78 Å². The van der Waals surface area contributed by atoms with Crippen molar-refractivity contribution in [2.75, 3.05) is 26.3 Å². The van der Waals surface area contributed by atoms with Crippen LogP contribution in [0, 0.1) is 17.8 Å². The molecule has 0 aromatic rings. The molecule has 0 radical (unpaired) electrons. The van der Waals surface area contributed by atoms with Crippen LogP contribution in [0.2, 0.25) is 0 Å².